The predicted octanol–water partition coefficient (Wildman–Crippen LogP) is 9.66. The van der Waals surface area contributed by atoms with E-state index in [1.165, 1.54) is 33.0 Å². The van der Waals surface area contributed by atoms with Crippen LogP contribution in [0.15, 0.2) is 146 Å². The first-order valence-electron chi connectivity index (χ1n) is 13.1. The van der Waals surface area contributed by atoms with E-state index >= 15 is 0 Å². The minimum atomic E-state index is 0.662. The van der Waals surface area contributed by atoms with Gasteiger partial charge in [0.25, 0.3) is 0 Å². The maximum absolute atomic E-state index is 9.30. The highest BCUT2D eigenvalue weighted by Gasteiger charge is 2.17. The van der Waals surface area contributed by atoms with Crippen molar-refractivity contribution >= 4 is 21.8 Å². The van der Waals surface area contributed by atoms with Crippen LogP contribution in [0.4, 0.5) is 0 Å². The molecule has 0 saturated carbocycles. The van der Waals surface area contributed by atoms with Crippen LogP contribution in [0.25, 0.3) is 60.9 Å². The Bertz CT molecular complexity index is 1890. The maximum Gasteiger partial charge on any atom is 0.0991 e. The normalized spacial score (nSPS) is 11.1. The topological polar surface area (TPSA) is 28.7 Å². The van der Waals surface area contributed by atoms with Crippen LogP contribution in [-0.2, 0) is 0 Å². The summed E-state index contributed by atoms with van der Waals surface area (Å²) in [4.78, 5) is 0. The largest absolute Gasteiger partial charge is 0.309 e. The number of fused-ring (bicyclic) bond motifs is 3. The van der Waals surface area contributed by atoms with E-state index < -0.39 is 0 Å². The smallest absolute Gasteiger partial charge is 0.0991 e. The molecular formula is C37H24N2. The number of para-hydroxylation sites is 1. The van der Waals surface area contributed by atoms with Crippen LogP contribution in [0.1, 0.15) is 5.56 Å². The zero-order valence-electron chi connectivity index (χ0n) is 21.3. The standard InChI is InChI=1S/C37H24N2/c38-25-26-15-17-29(18-16-26)32-13-7-8-14-35(32)39-36-21-19-30(27-9-3-1-4-10-27)23-33(36)34-24-31(20-22-37(34)39)28-11-5-2-6-12-28/h1-24H. The van der Waals surface area contributed by atoms with Crippen LogP contribution in [0.5, 0.6) is 0 Å². The van der Waals surface area contributed by atoms with Crippen LogP contribution in [-0.4, -0.2) is 4.57 Å². The summed E-state index contributed by atoms with van der Waals surface area (Å²) in [7, 11) is 0. The summed E-state index contributed by atoms with van der Waals surface area (Å²) in [6.07, 6.45) is 0. The Morgan fingerprint density at radius 3 is 1.46 bits per heavy atom. The van der Waals surface area contributed by atoms with Gasteiger partial charge in [0.05, 0.1) is 28.4 Å². The molecule has 0 atom stereocenters. The highest BCUT2D eigenvalue weighted by Crippen LogP contribution is 2.39. The fourth-order valence-corrected chi connectivity index (χ4v) is 5.54. The second-order valence-electron chi connectivity index (χ2n) is 9.74. The molecule has 0 radical (unpaired) electrons. The first-order chi connectivity index (χ1) is 19.3. The molecule has 2 heteroatoms. The van der Waals surface area contributed by atoms with E-state index in [1.54, 1.807) is 0 Å². The van der Waals surface area contributed by atoms with Gasteiger partial charge in [-0.25, -0.2) is 0 Å². The molecule has 0 N–H and O–H groups in total. The molecule has 182 valence electrons. The van der Waals surface area contributed by atoms with Gasteiger partial charge in [0, 0.05) is 16.3 Å². The van der Waals surface area contributed by atoms with E-state index in [1.807, 2.05) is 24.3 Å². The third-order valence-corrected chi connectivity index (χ3v) is 7.45. The molecule has 0 saturated heterocycles. The molecule has 0 amide bonds. The van der Waals surface area contributed by atoms with Crippen molar-refractivity contribution in [3.8, 4) is 45.1 Å². The highest BCUT2D eigenvalue weighted by atomic mass is 15.0. The molecule has 0 fully saturated rings. The second kappa shape index (κ2) is 9.49. The van der Waals surface area contributed by atoms with Gasteiger partial charge in [-0.1, -0.05) is 103 Å². The minimum Gasteiger partial charge on any atom is -0.309 e. The van der Waals surface area contributed by atoms with Crippen molar-refractivity contribution in [1.29, 1.82) is 5.26 Å². The van der Waals surface area contributed by atoms with Crippen LogP contribution in [0, 0.1) is 11.3 Å². The van der Waals surface area contributed by atoms with Crippen LogP contribution >= 0.6 is 0 Å². The van der Waals surface area contributed by atoms with Crippen molar-refractivity contribution in [2.45, 2.75) is 0 Å². The Balaban J connectivity index is 1.52. The lowest BCUT2D eigenvalue weighted by molar-refractivity contribution is 1.18. The fraction of sp³-hybridized carbons (Fsp3) is 0. The van der Waals surface area contributed by atoms with Crippen molar-refractivity contribution in [2.24, 2.45) is 0 Å². The summed E-state index contributed by atoms with van der Waals surface area (Å²) in [5.74, 6) is 0. The lowest BCUT2D eigenvalue weighted by Gasteiger charge is -2.14. The second-order valence-corrected chi connectivity index (χ2v) is 9.74. The van der Waals surface area contributed by atoms with Crippen LogP contribution in [0.3, 0.4) is 0 Å². The molecule has 0 aliphatic carbocycles. The zero-order valence-corrected chi connectivity index (χ0v) is 21.3. The van der Waals surface area contributed by atoms with Gasteiger partial charge in [-0.3, -0.25) is 0 Å². The summed E-state index contributed by atoms with van der Waals surface area (Å²) in [5, 5.41) is 11.7. The van der Waals surface area contributed by atoms with Gasteiger partial charge in [-0.2, -0.15) is 5.26 Å². The number of hydrogen-bond donors (Lipinski definition) is 0. The molecule has 1 heterocycles. The molecule has 0 aliphatic rings. The van der Waals surface area contributed by atoms with E-state index in [0.29, 0.717) is 5.56 Å². The molecular weight excluding hydrogens is 472 g/mol. The van der Waals surface area contributed by atoms with Crippen molar-refractivity contribution in [1.82, 2.24) is 4.57 Å². The Hall–Kier alpha value is -5.39. The fourth-order valence-electron chi connectivity index (χ4n) is 5.54. The summed E-state index contributed by atoms with van der Waals surface area (Å²) >= 11 is 0. The van der Waals surface area contributed by atoms with Crippen molar-refractivity contribution in [3.05, 3.63) is 151 Å². The third-order valence-electron chi connectivity index (χ3n) is 7.45. The highest BCUT2D eigenvalue weighted by molar-refractivity contribution is 6.12. The molecule has 7 aromatic rings. The average Bonchev–Trinajstić information content (AvgIpc) is 3.35. The molecule has 7 rings (SSSR count). The molecule has 0 unspecified atom stereocenters. The SMILES string of the molecule is N#Cc1ccc(-c2ccccc2-n2c3ccc(-c4ccccc4)cc3c3cc(-c4ccccc4)ccc32)cc1. The van der Waals surface area contributed by atoms with Crippen molar-refractivity contribution < 1.29 is 0 Å². The van der Waals surface area contributed by atoms with E-state index in [9.17, 15) is 5.26 Å². The molecule has 0 bridgehead atoms. The summed E-state index contributed by atoms with van der Waals surface area (Å²) in [6, 6.07) is 53.3. The molecule has 0 spiro atoms. The third kappa shape index (κ3) is 3.98. The minimum absolute atomic E-state index is 0.662. The Morgan fingerprint density at radius 2 is 0.923 bits per heavy atom. The summed E-state index contributed by atoms with van der Waals surface area (Å²) in [6.45, 7) is 0. The van der Waals surface area contributed by atoms with Gasteiger partial charge in [0.15, 0.2) is 0 Å². The number of benzene rings is 6. The summed E-state index contributed by atoms with van der Waals surface area (Å²) < 4.78 is 2.38. The Kier molecular flexibility index (Phi) is 5.54. The predicted molar refractivity (Wildman–Crippen MR) is 162 cm³/mol. The van der Waals surface area contributed by atoms with Gasteiger partial charge in [-0.15, -0.1) is 0 Å². The number of hydrogen-bond acceptors (Lipinski definition) is 1. The van der Waals surface area contributed by atoms with E-state index in [4.69, 9.17) is 0 Å². The van der Waals surface area contributed by atoms with Crippen molar-refractivity contribution in [2.75, 3.05) is 0 Å². The lowest BCUT2D eigenvalue weighted by Crippen LogP contribution is -1.97. The average molecular weight is 497 g/mol. The Morgan fingerprint density at radius 1 is 0.436 bits per heavy atom. The quantitative estimate of drug-likeness (QED) is 0.238. The number of nitriles is 1. The molecule has 2 nitrogen and oxygen atoms in total. The van der Waals surface area contributed by atoms with Gasteiger partial charge in [-0.05, 0) is 70.3 Å². The van der Waals surface area contributed by atoms with E-state index in [0.717, 1.165) is 27.8 Å². The van der Waals surface area contributed by atoms with E-state index in [-0.39, 0.29) is 0 Å². The number of aromatic nitrogens is 1. The molecule has 39 heavy (non-hydrogen) atoms. The van der Waals surface area contributed by atoms with Gasteiger partial charge in [0.2, 0.25) is 0 Å². The number of nitrogens with zero attached hydrogens (tertiary/aromatic N) is 2. The van der Waals surface area contributed by atoms with Crippen LogP contribution < -0.4 is 0 Å². The zero-order chi connectivity index (χ0) is 26.2. The molecule has 0 aliphatic heterocycles. The summed E-state index contributed by atoms with van der Waals surface area (Å²) in [5.41, 5.74) is 11.1. The van der Waals surface area contributed by atoms with Crippen molar-refractivity contribution in [3.63, 3.8) is 0 Å². The first kappa shape index (κ1) is 22.8. The molecule has 1 aromatic heterocycles. The Labute approximate surface area is 227 Å². The van der Waals surface area contributed by atoms with E-state index in [2.05, 4.69) is 132 Å². The van der Waals surface area contributed by atoms with Gasteiger partial charge < -0.3 is 4.57 Å². The van der Waals surface area contributed by atoms with Gasteiger partial charge in [0.1, 0.15) is 0 Å². The molecule has 6 aromatic carbocycles. The lowest BCUT2D eigenvalue weighted by atomic mass is 10.0. The number of rotatable bonds is 4. The van der Waals surface area contributed by atoms with Gasteiger partial charge >= 0.3 is 0 Å². The maximum atomic E-state index is 9.30. The first-order valence-corrected chi connectivity index (χ1v) is 13.1. The van der Waals surface area contributed by atoms with Crippen LogP contribution in [0.2, 0.25) is 0 Å². The monoisotopic (exact) mass is 496 g/mol.